The summed E-state index contributed by atoms with van der Waals surface area (Å²) in [5.41, 5.74) is 6.38. The highest BCUT2D eigenvalue weighted by atomic mass is 15.2. The molecule has 13 heavy (non-hydrogen) atoms. The second kappa shape index (κ2) is 3.97. The van der Waals surface area contributed by atoms with E-state index in [2.05, 4.69) is 32.6 Å². The molecule has 1 atom stereocenters. The van der Waals surface area contributed by atoms with Crippen LogP contribution < -0.4 is 5.73 Å². The molecule has 0 aromatic rings. The van der Waals surface area contributed by atoms with Gasteiger partial charge in [0, 0.05) is 12.1 Å². The van der Waals surface area contributed by atoms with E-state index < -0.39 is 0 Å². The topological polar surface area (TPSA) is 29.3 Å². The molecular formula is C11H24N2. The third kappa shape index (κ3) is 2.44. The van der Waals surface area contributed by atoms with E-state index in [1.165, 1.54) is 25.9 Å². The van der Waals surface area contributed by atoms with Gasteiger partial charge in [0.05, 0.1) is 0 Å². The monoisotopic (exact) mass is 184 g/mol. The van der Waals surface area contributed by atoms with Crippen LogP contribution in [0.25, 0.3) is 0 Å². The molecule has 0 aromatic carbocycles. The molecule has 1 fully saturated rings. The second-order valence-electron chi connectivity index (χ2n) is 5.07. The number of nitrogens with zero attached hydrogens (tertiary/aromatic N) is 1. The molecule has 0 unspecified atom stereocenters. The Morgan fingerprint density at radius 1 is 1.15 bits per heavy atom. The van der Waals surface area contributed by atoms with E-state index in [-0.39, 0.29) is 0 Å². The largest absolute Gasteiger partial charge is 0.327 e. The number of hydrogen-bond donors (Lipinski definition) is 1. The Morgan fingerprint density at radius 3 is 1.92 bits per heavy atom. The van der Waals surface area contributed by atoms with Gasteiger partial charge in [0.25, 0.3) is 0 Å². The molecular weight excluding hydrogens is 160 g/mol. The van der Waals surface area contributed by atoms with Crippen molar-refractivity contribution in [3.05, 3.63) is 0 Å². The molecule has 1 heterocycles. The lowest BCUT2D eigenvalue weighted by Crippen LogP contribution is -2.48. The zero-order valence-electron chi connectivity index (χ0n) is 9.51. The van der Waals surface area contributed by atoms with Crippen LogP contribution in [0.5, 0.6) is 0 Å². The van der Waals surface area contributed by atoms with Gasteiger partial charge in [-0.05, 0) is 52.1 Å². The molecule has 0 radical (unpaired) electrons. The highest BCUT2D eigenvalue weighted by molar-refractivity contribution is 4.88. The third-order valence-electron chi connectivity index (χ3n) is 3.77. The molecule has 0 spiro atoms. The quantitative estimate of drug-likeness (QED) is 0.709. The van der Waals surface area contributed by atoms with Crippen molar-refractivity contribution in [1.82, 2.24) is 4.90 Å². The smallest absolute Gasteiger partial charge is 0.00653 e. The summed E-state index contributed by atoms with van der Waals surface area (Å²) >= 11 is 0. The predicted molar refractivity (Wildman–Crippen MR) is 57.7 cm³/mol. The number of piperidine rings is 1. The fraction of sp³-hybridized carbons (Fsp3) is 1.00. The Bertz CT molecular complexity index is 155. The van der Waals surface area contributed by atoms with E-state index in [4.69, 9.17) is 5.73 Å². The molecule has 2 heteroatoms. The molecule has 0 aromatic heterocycles. The summed E-state index contributed by atoms with van der Waals surface area (Å²) in [5, 5.41) is 0. The zero-order chi connectivity index (χ0) is 10.1. The number of nitrogens with two attached hydrogens (primary N) is 1. The van der Waals surface area contributed by atoms with Gasteiger partial charge in [-0.25, -0.2) is 0 Å². The standard InChI is InChI=1S/C11H24N2/c1-9(2)13-7-5-11(4,6-8-13)10(3)12/h9-10H,5-8,12H2,1-4H3/t10-/m1/s1. The Balaban J connectivity index is 2.47. The van der Waals surface area contributed by atoms with Gasteiger partial charge in [-0.1, -0.05) is 6.92 Å². The van der Waals surface area contributed by atoms with Crippen molar-refractivity contribution in [3.8, 4) is 0 Å². The fourth-order valence-electron chi connectivity index (χ4n) is 2.01. The van der Waals surface area contributed by atoms with E-state index in [1.54, 1.807) is 0 Å². The summed E-state index contributed by atoms with van der Waals surface area (Å²) in [6.07, 6.45) is 2.51. The minimum absolute atomic E-state index is 0.335. The van der Waals surface area contributed by atoms with Crippen LogP contribution >= 0.6 is 0 Å². The maximum absolute atomic E-state index is 6.00. The molecule has 0 aliphatic carbocycles. The van der Waals surface area contributed by atoms with Crippen molar-refractivity contribution in [2.45, 2.75) is 52.6 Å². The van der Waals surface area contributed by atoms with Gasteiger partial charge in [0.15, 0.2) is 0 Å². The highest BCUT2D eigenvalue weighted by Crippen LogP contribution is 2.33. The van der Waals surface area contributed by atoms with Crippen molar-refractivity contribution < 1.29 is 0 Å². The van der Waals surface area contributed by atoms with Crippen molar-refractivity contribution in [1.29, 1.82) is 0 Å². The lowest BCUT2D eigenvalue weighted by atomic mass is 9.75. The lowest BCUT2D eigenvalue weighted by Gasteiger charge is -2.43. The molecule has 1 aliphatic heterocycles. The van der Waals surface area contributed by atoms with Crippen LogP contribution in [-0.4, -0.2) is 30.1 Å². The minimum atomic E-state index is 0.335. The Hall–Kier alpha value is -0.0800. The first-order chi connectivity index (χ1) is 5.96. The van der Waals surface area contributed by atoms with Crippen LogP contribution in [0, 0.1) is 5.41 Å². The molecule has 0 bridgehead atoms. The van der Waals surface area contributed by atoms with Crippen LogP contribution in [0.4, 0.5) is 0 Å². The van der Waals surface area contributed by atoms with E-state index in [0.717, 1.165) is 0 Å². The summed E-state index contributed by atoms with van der Waals surface area (Å²) in [5.74, 6) is 0. The predicted octanol–water partition coefficient (Wildman–Crippen LogP) is 1.84. The molecule has 2 N–H and O–H groups in total. The van der Waals surface area contributed by atoms with E-state index in [1.807, 2.05) is 0 Å². The van der Waals surface area contributed by atoms with Crippen LogP contribution in [0.2, 0.25) is 0 Å². The normalized spacial score (nSPS) is 26.3. The molecule has 1 rings (SSSR count). The van der Waals surface area contributed by atoms with Crippen LogP contribution in [0.3, 0.4) is 0 Å². The van der Waals surface area contributed by atoms with E-state index in [9.17, 15) is 0 Å². The third-order valence-corrected chi connectivity index (χ3v) is 3.77. The highest BCUT2D eigenvalue weighted by Gasteiger charge is 2.33. The minimum Gasteiger partial charge on any atom is -0.327 e. The van der Waals surface area contributed by atoms with Gasteiger partial charge in [-0.15, -0.1) is 0 Å². The number of likely N-dealkylation sites (tertiary alicyclic amines) is 1. The second-order valence-corrected chi connectivity index (χ2v) is 5.07. The molecule has 1 saturated heterocycles. The van der Waals surface area contributed by atoms with Gasteiger partial charge in [0.2, 0.25) is 0 Å². The number of rotatable bonds is 2. The summed E-state index contributed by atoms with van der Waals surface area (Å²) < 4.78 is 0. The van der Waals surface area contributed by atoms with Gasteiger partial charge in [0.1, 0.15) is 0 Å². The number of hydrogen-bond acceptors (Lipinski definition) is 2. The average Bonchev–Trinajstić information content (AvgIpc) is 2.04. The summed E-state index contributed by atoms with van der Waals surface area (Å²) in [6, 6.07) is 1.03. The van der Waals surface area contributed by atoms with Crippen molar-refractivity contribution in [2.75, 3.05) is 13.1 Å². The van der Waals surface area contributed by atoms with Crippen LogP contribution in [-0.2, 0) is 0 Å². The first-order valence-electron chi connectivity index (χ1n) is 5.45. The summed E-state index contributed by atoms with van der Waals surface area (Å²) in [7, 11) is 0. The summed E-state index contributed by atoms with van der Waals surface area (Å²) in [4.78, 5) is 2.55. The Morgan fingerprint density at radius 2 is 1.62 bits per heavy atom. The van der Waals surface area contributed by atoms with E-state index >= 15 is 0 Å². The molecule has 0 saturated carbocycles. The van der Waals surface area contributed by atoms with Gasteiger partial charge >= 0.3 is 0 Å². The first kappa shape index (κ1) is 11.0. The Labute approximate surface area is 82.5 Å². The molecule has 2 nitrogen and oxygen atoms in total. The first-order valence-corrected chi connectivity index (χ1v) is 5.45. The van der Waals surface area contributed by atoms with Crippen molar-refractivity contribution >= 4 is 0 Å². The SMILES string of the molecule is CC(C)N1CCC(C)([C@@H](C)N)CC1. The van der Waals surface area contributed by atoms with Crippen LogP contribution in [0.1, 0.15) is 40.5 Å². The molecule has 0 amide bonds. The van der Waals surface area contributed by atoms with Gasteiger partial charge in [-0.2, -0.15) is 0 Å². The van der Waals surface area contributed by atoms with Crippen molar-refractivity contribution in [3.63, 3.8) is 0 Å². The lowest BCUT2D eigenvalue weighted by molar-refractivity contribution is 0.0802. The van der Waals surface area contributed by atoms with Crippen LogP contribution in [0.15, 0.2) is 0 Å². The molecule has 78 valence electrons. The van der Waals surface area contributed by atoms with Crippen molar-refractivity contribution in [2.24, 2.45) is 11.1 Å². The van der Waals surface area contributed by atoms with E-state index in [0.29, 0.717) is 17.5 Å². The maximum atomic E-state index is 6.00. The van der Waals surface area contributed by atoms with Gasteiger partial charge < -0.3 is 10.6 Å². The summed E-state index contributed by atoms with van der Waals surface area (Å²) in [6.45, 7) is 11.5. The molecule has 1 aliphatic rings. The fourth-order valence-corrected chi connectivity index (χ4v) is 2.01. The van der Waals surface area contributed by atoms with Gasteiger partial charge in [-0.3, -0.25) is 0 Å². The average molecular weight is 184 g/mol. The zero-order valence-corrected chi connectivity index (χ0v) is 9.51. The Kier molecular flexibility index (Phi) is 3.36. The maximum Gasteiger partial charge on any atom is 0.00653 e.